The Morgan fingerprint density at radius 2 is 0.760 bits per heavy atom. The Morgan fingerprint density at radius 3 is 1.00 bits per heavy atom. The van der Waals surface area contributed by atoms with Crippen LogP contribution in [0.25, 0.3) is 0 Å². The maximum absolute atomic E-state index is 10.8. The van der Waals surface area contributed by atoms with Gasteiger partial charge in [-0.25, -0.2) is 0 Å². The molecule has 0 aliphatic rings. The lowest BCUT2D eigenvalue weighted by Crippen LogP contribution is -2.02. The first-order valence-corrected chi connectivity index (χ1v) is 18.3. The average molecular weight is 697 g/mol. The molecular weight excluding hydrogens is 629 g/mol. The minimum Gasteiger partial charge on any atom is -0.457 e. The topological polar surface area (TPSA) is 18.5 Å². The summed E-state index contributed by atoms with van der Waals surface area (Å²) in [5.41, 5.74) is 9.85. The van der Waals surface area contributed by atoms with Crippen LogP contribution in [-0.2, 0) is 0 Å². The molecule has 0 amide bonds. The second-order valence-corrected chi connectivity index (χ2v) is 12.1. The van der Waals surface area contributed by atoms with Crippen LogP contribution in [0.4, 0.5) is 13.2 Å². The molecule has 0 spiro atoms. The number of alkyl halides is 3. The van der Waals surface area contributed by atoms with E-state index in [2.05, 4.69) is 142 Å². The van der Waals surface area contributed by atoms with Crippen molar-refractivity contribution in [2.75, 3.05) is 0 Å². The summed E-state index contributed by atoms with van der Waals surface area (Å²) in [6, 6.07) is 25.5. The van der Waals surface area contributed by atoms with E-state index in [0.717, 1.165) is 41.0 Å². The molecule has 0 aliphatic carbocycles. The number of hydrogen-bond acceptors (Lipinski definition) is 2. The zero-order valence-electron chi connectivity index (χ0n) is 34.2. The summed E-state index contributed by atoms with van der Waals surface area (Å²) in [5, 5.41) is 0. The second kappa shape index (κ2) is 25.3. The van der Waals surface area contributed by atoms with Gasteiger partial charge in [-0.3, -0.25) is 0 Å². The third-order valence-corrected chi connectivity index (χ3v) is 7.26. The molecule has 4 rings (SSSR count). The van der Waals surface area contributed by atoms with Crippen LogP contribution in [-0.4, -0.2) is 6.18 Å². The highest BCUT2D eigenvalue weighted by molar-refractivity contribution is 5.45. The predicted molar refractivity (Wildman–Crippen MR) is 213 cm³/mol. The molecule has 0 fully saturated rings. The molecule has 0 aromatic heterocycles. The van der Waals surface area contributed by atoms with Gasteiger partial charge in [0.05, 0.1) is 0 Å². The van der Waals surface area contributed by atoms with Gasteiger partial charge in [0, 0.05) is 6.42 Å². The smallest absolute Gasteiger partial charge is 0.388 e. The molecule has 4 aromatic rings. The quantitative estimate of drug-likeness (QED) is 0.200. The molecule has 50 heavy (non-hydrogen) atoms. The number of benzene rings is 4. The zero-order chi connectivity index (χ0) is 39.2. The Labute approximate surface area is 304 Å². The molecule has 0 saturated heterocycles. The van der Waals surface area contributed by atoms with Crippen LogP contribution in [0.15, 0.2) is 72.8 Å². The summed E-state index contributed by atoms with van der Waals surface area (Å²) in [4.78, 5) is 0. The van der Waals surface area contributed by atoms with Gasteiger partial charge in [0.15, 0.2) is 0 Å². The van der Waals surface area contributed by atoms with Crippen molar-refractivity contribution in [1.29, 1.82) is 0 Å². The standard InChI is InChI=1S/2C18H22O.C3H5F3.3C2H6/c2*1-12(2)16-8-9-17(15(5)11-16)19-18-10-13(3)6-7-14(18)4;1-2-3(4,5)6;3*1-2/h2*6-12H,1-5H3;2H2,1H3;3*1-2H3. The molecule has 0 heterocycles. The van der Waals surface area contributed by atoms with E-state index in [4.69, 9.17) is 9.47 Å². The van der Waals surface area contributed by atoms with E-state index < -0.39 is 12.6 Å². The normalized spacial score (nSPS) is 10.0. The minimum atomic E-state index is -3.96. The molecule has 0 unspecified atom stereocenters. The monoisotopic (exact) mass is 697 g/mol. The maximum atomic E-state index is 10.8. The van der Waals surface area contributed by atoms with Crippen LogP contribution in [0.2, 0.25) is 0 Å². The molecule has 0 radical (unpaired) electrons. The molecule has 0 saturated carbocycles. The highest BCUT2D eigenvalue weighted by Crippen LogP contribution is 2.32. The van der Waals surface area contributed by atoms with Crippen molar-refractivity contribution in [3.8, 4) is 23.0 Å². The lowest BCUT2D eigenvalue weighted by Gasteiger charge is -2.14. The van der Waals surface area contributed by atoms with Gasteiger partial charge in [0.1, 0.15) is 23.0 Å². The zero-order valence-corrected chi connectivity index (χ0v) is 34.2. The van der Waals surface area contributed by atoms with Crippen LogP contribution in [0.5, 0.6) is 23.0 Å². The number of hydrogen-bond donors (Lipinski definition) is 0. The third kappa shape index (κ3) is 18.3. The van der Waals surface area contributed by atoms with Crippen LogP contribution in [0.1, 0.15) is 139 Å². The maximum Gasteiger partial charge on any atom is 0.388 e. The predicted octanol–water partition coefficient (Wildman–Crippen LogP) is 16.1. The Balaban J connectivity index is 0. The first kappa shape index (κ1) is 48.4. The molecule has 280 valence electrons. The van der Waals surface area contributed by atoms with E-state index in [1.807, 2.05) is 41.5 Å². The number of rotatable bonds is 6. The van der Waals surface area contributed by atoms with E-state index in [0.29, 0.717) is 11.8 Å². The van der Waals surface area contributed by atoms with Crippen molar-refractivity contribution in [3.63, 3.8) is 0 Å². The van der Waals surface area contributed by atoms with Gasteiger partial charge in [-0.1, -0.05) is 125 Å². The van der Waals surface area contributed by atoms with Crippen molar-refractivity contribution in [2.24, 2.45) is 0 Å². The van der Waals surface area contributed by atoms with Crippen LogP contribution in [0.3, 0.4) is 0 Å². The lowest BCUT2D eigenvalue weighted by molar-refractivity contribution is -0.130. The van der Waals surface area contributed by atoms with Crippen molar-refractivity contribution < 1.29 is 22.6 Å². The van der Waals surface area contributed by atoms with Gasteiger partial charge in [0.25, 0.3) is 0 Å². The molecule has 2 nitrogen and oxygen atoms in total. The second-order valence-electron chi connectivity index (χ2n) is 12.1. The molecule has 0 atom stereocenters. The van der Waals surface area contributed by atoms with Crippen molar-refractivity contribution in [1.82, 2.24) is 0 Å². The minimum absolute atomic E-state index is 0.549. The molecule has 0 N–H and O–H groups in total. The molecule has 0 aliphatic heterocycles. The summed E-state index contributed by atoms with van der Waals surface area (Å²) in [6.07, 6.45) is -4.69. The molecular formula is C45H67F3O2. The number of aryl methyl sites for hydroxylation is 6. The summed E-state index contributed by atoms with van der Waals surface area (Å²) < 4.78 is 44.5. The fourth-order valence-corrected chi connectivity index (χ4v) is 4.16. The Hall–Kier alpha value is -3.73. The molecule has 5 heteroatoms. The first-order valence-electron chi connectivity index (χ1n) is 18.3. The van der Waals surface area contributed by atoms with Gasteiger partial charge in [-0.05, 0) is 122 Å². The van der Waals surface area contributed by atoms with Crippen LogP contribution < -0.4 is 9.47 Å². The summed E-state index contributed by atoms with van der Waals surface area (Å²) in [6.45, 7) is 34.4. The molecule has 0 bridgehead atoms. The van der Waals surface area contributed by atoms with E-state index >= 15 is 0 Å². The van der Waals surface area contributed by atoms with Gasteiger partial charge in [-0.2, -0.15) is 13.2 Å². The van der Waals surface area contributed by atoms with E-state index in [9.17, 15) is 13.2 Å². The van der Waals surface area contributed by atoms with Crippen LogP contribution >= 0.6 is 0 Å². The SMILES string of the molecule is CC.CC.CC.CCC(F)(F)F.Cc1ccc(C)c(Oc2ccc(C(C)C)cc2C)c1.Cc1ccc(C)c(Oc2ccc(C(C)C)cc2C)c1. The van der Waals surface area contributed by atoms with E-state index in [1.54, 1.807) is 0 Å². The van der Waals surface area contributed by atoms with E-state index in [-0.39, 0.29) is 0 Å². The fourth-order valence-electron chi connectivity index (χ4n) is 4.16. The first-order chi connectivity index (χ1) is 23.5. The highest BCUT2D eigenvalue weighted by Gasteiger charge is 2.22. The van der Waals surface area contributed by atoms with Gasteiger partial charge >= 0.3 is 6.18 Å². The summed E-state index contributed by atoms with van der Waals surface area (Å²) >= 11 is 0. The largest absolute Gasteiger partial charge is 0.457 e. The number of halogens is 3. The van der Waals surface area contributed by atoms with E-state index in [1.165, 1.54) is 33.4 Å². The van der Waals surface area contributed by atoms with Gasteiger partial charge in [0.2, 0.25) is 0 Å². The third-order valence-electron chi connectivity index (χ3n) is 7.26. The van der Waals surface area contributed by atoms with Gasteiger partial charge < -0.3 is 9.47 Å². The van der Waals surface area contributed by atoms with Crippen molar-refractivity contribution >= 4 is 0 Å². The summed E-state index contributed by atoms with van der Waals surface area (Å²) in [7, 11) is 0. The molecule has 4 aromatic carbocycles. The average Bonchev–Trinajstić information content (AvgIpc) is 3.09. The van der Waals surface area contributed by atoms with Crippen LogP contribution in [0, 0.1) is 41.5 Å². The fraction of sp³-hybridized carbons (Fsp3) is 0.467. The highest BCUT2D eigenvalue weighted by atomic mass is 19.4. The number of ether oxygens (including phenoxy) is 2. The van der Waals surface area contributed by atoms with Crippen molar-refractivity contribution in [2.45, 2.75) is 142 Å². The summed E-state index contributed by atoms with van der Waals surface area (Å²) in [5.74, 6) is 4.87. The van der Waals surface area contributed by atoms with Crippen molar-refractivity contribution in [3.05, 3.63) is 117 Å². The Bertz CT molecular complexity index is 1390. The van der Waals surface area contributed by atoms with Gasteiger partial charge in [-0.15, -0.1) is 0 Å². The Kier molecular flexibility index (Phi) is 24.4. The Morgan fingerprint density at radius 1 is 0.460 bits per heavy atom. The lowest BCUT2D eigenvalue weighted by atomic mass is 10.0.